The van der Waals surface area contributed by atoms with E-state index >= 15 is 0 Å². The highest BCUT2D eigenvalue weighted by Crippen LogP contribution is 2.14. The van der Waals surface area contributed by atoms with E-state index in [9.17, 15) is 9.90 Å². The number of nitrogens with one attached hydrogen (secondary N) is 2. The lowest BCUT2D eigenvalue weighted by Gasteiger charge is -2.21. The Kier molecular flexibility index (Phi) is 3.68. The fourth-order valence-electron chi connectivity index (χ4n) is 2.37. The normalized spacial score (nSPS) is 21.4. The molecule has 1 atom stereocenters. The zero-order chi connectivity index (χ0) is 14.7. The van der Waals surface area contributed by atoms with Crippen molar-refractivity contribution in [1.82, 2.24) is 25.4 Å². The van der Waals surface area contributed by atoms with E-state index in [1.54, 1.807) is 35.4 Å². The molecular weight excluding hydrogens is 270 g/mol. The van der Waals surface area contributed by atoms with E-state index in [1.807, 2.05) is 6.07 Å². The fraction of sp³-hybridized carbons (Fsp3) is 0.357. The molecule has 1 fully saturated rings. The third-order valence-corrected chi connectivity index (χ3v) is 3.62. The van der Waals surface area contributed by atoms with Gasteiger partial charge in [-0.05, 0) is 31.2 Å². The molecule has 1 aromatic carbocycles. The summed E-state index contributed by atoms with van der Waals surface area (Å²) in [5, 5.41) is 23.6. The van der Waals surface area contributed by atoms with Crippen LogP contribution in [0, 0.1) is 0 Å². The highest BCUT2D eigenvalue weighted by atomic mass is 16.3. The van der Waals surface area contributed by atoms with Gasteiger partial charge in [0.25, 0.3) is 5.91 Å². The van der Waals surface area contributed by atoms with Crippen molar-refractivity contribution >= 4 is 5.91 Å². The number of hydrogen-bond acceptors (Lipinski definition) is 5. The molecule has 110 valence electrons. The first-order valence-corrected chi connectivity index (χ1v) is 6.83. The van der Waals surface area contributed by atoms with Gasteiger partial charge in [0.05, 0.1) is 5.60 Å². The maximum absolute atomic E-state index is 12.2. The van der Waals surface area contributed by atoms with Crippen molar-refractivity contribution in [2.75, 3.05) is 19.6 Å². The standard InChI is InChI=1S/C14H17N5O2/c20-13(16-8-14(21)4-5-15-7-14)11-2-1-3-12(6-11)19-9-17-18-10-19/h1-3,6,9-10,15,21H,4-5,7-8H2,(H,16,20). The minimum atomic E-state index is -0.846. The van der Waals surface area contributed by atoms with Crippen LogP contribution in [0.15, 0.2) is 36.9 Å². The zero-order valence-corrected chi connectivity index (χ0v) is 11.5. The maximum atomic E-state index is 12.2. The lowest BCUT2D eigenvalue weighted by atomic mass is 10.0. The number of carbonyl (C=O) groups excluding carboxylic acids is 1. The molecule has 0 saturated carbocycles. The minimum absolute atomic E-state index is 0.203. The molecule has 1 aliphatic heterocycles. The van der Waals surface area contributed by atoms with Crippen molar-refractivity contribution in [3.63, 3.8) is 0 Å². The van der Waals surface area contributed by atoms with Crippen molar-refractivity contribution in [1.29, 1.82) is 0 Å². The van der Waals surface area contributed by atoms with Gasteiger partial charge in [0.1, 0.15) is 12.7 Å². The first-order valence-electron chi connectivity index (χ1n) is 6.83. The van der Waals surface area contributed by atoms with Crippen LogP contribution in [-0.2, 0) is 0 Å². The predicted octanol–water partition coefficient (Wildman–Crippen LogP) is -0.279. The third kappa shape index (κ3) is 3.09. The Morgan fingerprint density at radius 2 is 2.24 bits per heavy atom. The van der Waals surface area contributed by atoms with Crippen molar-refractivity contribution in [2.24, 2.45) is 0 Å². The third-order valence-electron chi connectivity index (χ3n) is 3.62. The molecule has 1 saturated heterocycles. The number of amides is 1. The molecule has 7 nitrogen and oxygen atoms in total. The second kappa shape index (κ2) is 5.63. The molecule has 0 bridgehead atoms. The Morgan fingerprint density at radius 1 is 1.43 bits per heavy atom. The van der Waals surface area contributed by atoms with E-state index in [2.05, 4.69) is 20.8 Å². The summed E-state index contributed by atoms with van der Waals surface area (Å²) in [5.74, 6) is -0.203. The molecule has 3 rings (SSSR count). The molecule has 7 heteroatoms. The number of benzene rings is 1. The number of hydrogen-bond donors (Lipinski definition) is 3. The van der Waals surface area contributed by atoms with Crippen LogP contribution in [0.1, 0.15) is 16.8 Å². The molecule has 1 aromatic heterocycles. The monoisotopic (exact) mass is 287 g/mol. The second-order valence-corrected chi connectivity index (χ2v) is 5.25. The van der Waals surface area contributed by atoms with Gasteiger partial charge in [-0.25, -0.2) is 0 Å². The molecule has 0 spiro atoms. The first kappa shape index (κ1) is 13.7. The minimum Gasteiger partial charge on any atom is -0.387 e. The largest absolute Gasteiger partial charge is 0.387 e. The van der Waals surface area contributed by atoms with Crippen molar-refractivity contribution < 1.29 is 9.90 Å². The van der Waals surface area contributed by atoms with Gasteiger partial charge in [-0.15, -0.1) is 10.2 Å². The number of aromatic nitrogens is 3. The van der Waals surface area contributed by atoms with Gasteiger partial charge in [0.15, 0.2) is 0 Å². The van der Waals surface area contributed by atoms with Crippen LogP contribution in [-0.4, -0.2) is 51.0 Å². The number of carbonyl (C=O) groups is 1. The Morgan fingerprint density at radius 3 is 2.95 bits per heavy atom. The molecule has 3 N–H and O–H groups in total. The Hall–Kier alpha value is -2.25. The summed E-state index contributed by atoms with van der Waals surface area (Å²) in [4.78, 5) is 12.2. The van der Waals surface area contributed by atoms with Crippen LogP contribution in [0.25, 0.3) is 5.69 Å². The molecule has 21 heavy (non-hydrogen) atoms. The molecule has 2 heterocycles. The molecule has 1 unspecified atom stereocenters. The number of β-amino-alcohol motifs (C(OH)–C–C–N with tert-alkyl or cyclic N) is 1. The van der Waals surface area contributed by atoms with Gasteiger partial charge in [0.2, 0.25) is 0 Å². The van der Waals surface area contributed by atoms with Gasteiger partial charge in [-0.1, -0.05) is 6.07 Å². The van der Waals surface area contributed by atoms with Crippen LogP contribution >= 0.6 is 0 Å². The maximum Gasteiger partial charge on any atom is 0.251 e. The molecule has 0 radical (unpaired) electrons. The SMILES string of the molecule is O=C(NCC1(O)CCNC1)c1cccc(-n2cnnc2)c1. The molecular formula is C14H17N5O2. The van der Waals surface area contributed by atoms with Gasteiger partial charge < -0.3 is 15.7 Å². The van der Waals surface area contributed by atoms with E-state index in [-0.39, 0.29) is 12.5 Å². The summed E-state index contributed by atoms with van der Waals surface area (Å²) >= 11 is 0. The summed E-state index contributed by atoms with van der Waals surface area (Å²) in [6, 6.07) is 7.17. The average Bonchev–Trinajstić information content (AvgIpc) is 3.17. The van der Waals surface area contributed by atoms with Gasteiger partial charge in [-0.2, -0.15) is 0 Å². The Bertz CT molecular complexity index is 620. The Balaban J connectivity index is 1.69. The summed E-state index contributed by atoms with van der Waals surface area (Å²) in [6.45, 7) is 1.53. The van der Waals surface area contributed by atoms with E-state index < -0.39 is 5.60 Å². The van der Waals surface area contributed by atoms with Crippen LogP contribution < -0.4 is 10.6 Å². The predicted molar refractivity (Wildman–Crippen MR) is 76.1 cm³/mol. The number of nitrogens with zero attached hydrogens (tertiary/aromatic N) is 3. The molecule has 0 aliphatic carbocycles. The summed E-state index contributed by atoms with van der Waals surface area (Å²) < 4.78 is 1.73. The van der Waals surface area contributed by atoms with E-state index in [0.29, 0.717) is 18.5 Å². The van der Waals surface area contributed by atoms with Crippen molar-refractivity contribution in [3.8, 4) is 5.69 Å². The summed E-state index contributed by atoms with van der Waals surface area (Å²) in [5.41, 5.74) is 0.506. The van der Waals surface area contributed by atoms with Crippen LogP contribution in [0.3, 0.4) is 0 Å². The van der Waals surface area contributed by atoms with Gasteiger partial charge >= 0.3 is 0 Å². The molecule has 2 aromatic rings. The van der Waals surface area contributed by atoms with E-state index in [1.165, 1.54) is 0 Å². The van der Waals surface area contributed by atoms with E-state index in [0.717, 1.165) is 12.2 Å². The topological polar surface area (TPSA) is 92.1 Å². The first-order chi connectivity index (χ1) is 10.2. The highest BCUT2D eigenvalue weighted by molar-refractivity contribution is 5.94. The summed E-state index contributed by atoms with van der Waals surface area (Å²) in [7, 11) is 0. The Labute approximate surface area is 122 Å². The molecule has 1 aliphatic rings. The lowest BCUT2D eigenvalue weighted by Crippen LogP contribution is -2.44. The highest BCUT2D eigenvalue weighted by Gasteiger charge is 2.31. The van der Waals surface area contributed by atoms with E-state index in [4.69, 9.17) is 0 Å². The van der Waals surface area contributed by atoms with Crippen molar-refractivity contribution in [3.05, 3.63) is 42.5 Å². The zero-order valence-electron chi connectivity index (χ0n) is 11.5. The van der Waals surface area contributed by atoms with Gasteiger partial charge in [0, 0.05) is 24.3 Å². The molecule has 1 amide bonds. The lowest BCUT2D eigenvalue weighted by molar-refractivity contribution is 0.0562. The quantitative estimate of drug-likeness (QED) is 0.719. The van der Waals surface area contributed by atoms with Crippen molar-refractivity contribution in [2.45, 2.75) is 12.0 Å². The second-order valence-electron chi connectivity index (χ2n) is 5.25. The number of aliphatic hydroxyl groups is 1. The number of rotatable bonds is 4. The van der Waals surface area contributed by atoms with Gasteiger partial charge in [-0.3, -0.25) is 9.36 Å². The van der Waals surface area contributed by atoms with Crippen LogP contribution in [0.4, 0.5) is 0 Å². The smallest absolute Gasteiger partial charge is 0.251 e. The fourth-order valence-corrected chi connectivity index (χ4v) is 2.37. The summed E-state index contributed by atoms with van der Waals surface area (Å²) in [6.07, 6.45) is 3.79. The van der Waals surface area contributed by atoms with Crippen LogP contribution in [0.2, 0.25) is 0 Å². The van der Waals surface area contributed by atoms with Crippen LogP contribution in [0.5, 0.6) is 0 Å². The average molecular weight is 287 g/mol.